The van der Waals surface area contributed by atoms with Crippen molar-refractivity contribution in [3.8, 4) is 0 Å². The lowest BCUT2D eigenvalue weighted by molar-refractivity contribution is -0.139. The van der Waals surface area contributed by atoms with Crippen LogP contribution >= 0.6 is 23.2 Å². The van der Waals surface area contributed by atoms with E-state index in [1.165, 1.54) is 6.42 Å². The van der Waals surface area contributed by atoms with Gasteiger partial charge in [-0.3, -0.25) is 9.59 Å². The number of carbonyl (C=O) groups is 2. The van der Waals surface area contributed by atoms with Crippen molar-refractivity contribution in [1.82, 2.24) is 10.2 Å². The number of benzene rings is 2. The van der Waals surface area contributed by atoms with E-state index in [-0.39, 0.29) is 23.7 Å². The first-order valence-electron chi connectivity index (χ1n) is 10.5. The minimum atomic E-state index is -0.737. The molecule has 2 aromatic carbocycles. The Bertz CT molecular complexity index is 821. The van der Waals surface area contributed by atoms with E-state index in [4.69, 9.17) is 23.2 Å². The molecule has 0 heterocycles. The van der Waals surface area contributed by atoms with E-state index in [1.54, 1.807) is 17.0 Å². The van der Waals surface area contributed by atoms with Crippen LogP contribution in [0.1, 0.15) is 49.3 Å². The number of carbonyl (C=O) groups excluding carboxylic acids is 2. The Morgan fingerprint density at radius 2 is 1.67 bits per heavy atom. The summed E-state index contributed by atoms with van der Waals surface area (Å²) < 4.78 is 0. The Hall–Kier alpha value is -2.04. The van der Waals surface area contributed by atoms with Gasteiger partial charge in [0, 0.05) is 17.6 Å². The molecule has 1 aliphatic carbocycles. The maximum Gasteiger partial charge on any atom is 0.247 e. The van der Waals surface area contributed by atoms with Gasteiger partial charge in [0.25, 0.3) is 0 Å². The van der Waals surface area contributed by atoms with Gasteiger partial charge in [-0.25, -0.2) is 0 Å². The molecule has 4 nitrogen and oxygen atoms in total. The summed E-state index contributed by atoms with van der Waals surface area (Å²) in [7, 11) is 0. The van der Waals surface area contributed by atoms with Gasteiger partial charge in [0.15, 0.2) is 0 Å². The second-order valence-corrected chi connectivity index (χ2v) is 8.46. The minimum absolute atomic E-state index is 0.156. The quantitative estimate of drug-likeness (QED) is 0.570. The first-order valence-corrected chi connectivity index (χ1v) is 11.4. The third kappa shape index (κ3) is 6.23. The van der Waals surface area contributed by atoms with Gasteiger partial charge in [-0.2, -0.15) is 0 Å². The smallest absolute Gasteiger partial charge is 0.247 e. The van der Waals surface area contributed by atoms with E-state index >= 15 is 0 Å². The largest absolute Gasteiger partial charge is 0.351 e. The highest BCUT2D eigenvalue weighted by Crippen LogP contribution is 2.26. The summed E-state index contributed by atoms with van der Waals surface area (Å²) in [5, 5.41) is 3.77. The predicted octanol–water partition coefficient (Wildman–Crippen LogP) is 5.14. The number of hydrogen-bond donors (Lipinski definition) is 1. The standard InChI is InChI=1S/C24H28Cl2N2O2/c25-17-22(29)28(16-15-18-7-3-1-4-8-18)23(19-11-13-20(26)14-12-19)24(30)27-21-9-5-2-6-10-21/h1,3-4,7-8,11-14,21,23H,2,5-6,9-10,15-17H2,(H,27,30). The highest BCUT2D eigenvalue weighted by Gasteiger charge is 2.32. The van der Waals surface area contributed by atoms with Gasteiger partial charge in [-0.15, -0.1) is 11.6 Å². The van der Waals surface area contributed by atoms with Gasteiger partial charge in [-0.1, -0.05) is 73.3 Å². The van der Waals surface area contributed by atoms with Crippen molar-refractivity contribution in [3.63, 3.8) is 0 Å². The second-order valence-electron chi connectivity index (χ2n) is 7.75. The first-order chi connectivity index (χ1) is 14.6. The van der Waals surface area contributed by atoms with Gasteiger partial charge in [-0.05, 0) is 42.5 Å². The van der Waals surface area contributed by atoms with E-state index in [0.717, 1.165) is 36.8 Å². The van der Waals surface area contributed by atoms with Crippen molar-refractivity contribution in [2.24, 2.45) is 0 Å². The Morgan fingerprint density at radius 1 is 1.00 bits per heavy atom. The van der Waals surface area contributed by atoms with Crippen LogP contribution in [0.15, 0.2) is 54.6 Å². The topological polar surface area (TPSA) is 49.4 Å². The molecule has 160 valence electrons. The van der Waals surface area contributed by atoms with Crippen LogP contribution in [-0.2, 0) is 16.0 Å². The molecule has 0 spiro atoms. The molecule has 0 bridgehead atoms. The average Bonchev–Trinajstić information content (AvgIpc) is 2.78. The summed E-state index contributed by atoms with van der Waals surface area (Å²) in [6.07, 6.45) is 6.05. The van der Waals surface area contributed by atoms with Gasteiger partial charge in [0.05, 0.1) is 0 Å². The molecule has 0 radical (unpaired) electrons. The van der Waals surface area contributed by atoms with Crippen molar-refractivity contribution >= 4 is 35.0 Å². The molecule has 1 N–H and O–H groups in total. The summed E-state index contributed by atoms with van der Waals surface area (Å²) in [6.45, 7) is 0.404. The third-order valence-corrected chi connectivity index (χ3v) is 6.10. The predicted molar refractivity (Wildman–Crippen MR) is 122 cm³/mol. The first kappa shape index (κ1) is 22.6. The fourth-order valence-electron chi connectivity index (χ4n) is 4.01. The fraction of sp³-hybridized carbons (Fsp3) is 0.417. The summed E-state index contributed by atoms with van der Waals surface area (Å²) in [5.74, 6) is -0.586. The highest BCUT2D eigenvalue weighted by atomic mass is 35.5. The summed E-state index contributed by atoms with van der Waals surface area (Å²) >= 11 is 12.0. The molecule has 2 aromatic rings. The van der Waals surface area contributed by atoms with Crippen molar-refractivity contribution in [1.29, 1.82) is 0 Å². The lowest BCUT2D eigenvalue weighted by Crippen LogP contribution is -2.48. The monoisotopic (exact) mass is 446 g/mol. The van der Waals surface area contributed by atoms with Crippen molar-refractivity contribution in [2.75, 3.05) is 12.4 Å². The van der Waals surface area contributed by atoms with Crippen molar-refractivity contribution < 1.29 is 9.59 Å². The summed E-state index contributed by atoms with van der Waals surface area (Å²) in [6, 6.07) is 16.5. The van der Waals surface area contributed by atoms with E-state index in [2.05, 4.69) is 5.32 Å². The van der Waals surface area contributed by atoms with Crippen LogP contribution in [0.4, 0.5) is 0 Å². The lowest BCUT2D eigenvalue weighted by atomic mass is 9.94. The van der Waals surface area contributed by atoms with Gasteiger partial charge >= 0.3 is 0 Å². The normalized spacial score (nSPS) is 15.4. The van der Waals surface area contributed by atoms with Gasteiger partial charge in [0.1, 0.15) is 11.9 Å². The number of halogens is 2. The molecule has 2 amide bonds. The number of alkyl halides is 1. The molecule has 1 saturated carbocycles. The molecule has 6 heteroatoms. The SMILES string of the molecule is O=C(NC1CCCCC1)C(c1ccc(Cl)cc1)N(CCc1ccccc1)C(=O)CCl. The Kier molecular flexibility index (Phi) is 8.59. The average molecular weight is 447 g/mol. The van der Waals surface area contributed by atoms with E-state index in [9.17, 15) is 9.59 Å². The Morgan fingerprint density at radius 3 is 2.30 bits per heavy atom. The zero-order valence-electron chi connectivity index (χ0n) is 17.0. The number of amides is 2. The van der Waals surface area contributed by atoms with Crippen LogP contribution in [0, 0.1) is 0 Å². The molecular weight excluding hydrogens is 419 g/mol. The van der Waals surface area contributed by atoms with Gasteiger partial charge < -0.3 is 10.2 Å². The van der Waals surface area contributed by atoms with Crippen LogP contribution in [0.5, 0.6) is 0 Å². The highest BCUT2D eigenvalue weighted by molar-refractivity contribution is 6.30. The zero-order chi connectivity index (χ0) is 21.3. The minimum Gasteiger partial charge on any atom is -0.351 e. The maximum absolute atomic E-state index is 13.4. The molecule has 3 rings (SSSR count). The molecule has 1 fully saturated rings. The van der Waals surface area contributed by atoms with Crippen LogP contribution in [0.2, 0.25) is 5.02 Å². The molecule has 0 saturated heterocycles. The van der Waals surface area contributed by atoms with Crippen LogP contribution < -0.4 is 5.32 Å². The molecule has 0 aromatic heterocycles. The van der Waals surface area contributed by atoms with Crippen LogP contribution in [-0.4, -0.2) is 35.2 Å². The lowest BCUT2D eigenvalue weighted by Gasteiger charge is -2.33. The third-order valence-electron chi connectivity index (χ3n) is 5.62. The Labute approximate surface area is 188 Å². The summed E-state index contributed by atoms with van der Waals surface area (Å²) in [5.41, 5.74) is 1.84. The molecular formula is C24H28Cl2N2O2. The van der Waals surface area contributed by atoms with E-state index in [1.807, 2.05) is 42.5 Å². The number of nitrogens with one attached hydrogen (secondary N) is 1. The van der Waals surface area contributed by atoms with Crippen molar-refractivity contribution in [3.05, 3.63) is 70.7 Å². The zero-order valence-corrected chi connectivity index (χ0v) is 18.5. The maximum atomic E-state index is 13.4. The van der Waals surface area contributed by atoms with Crippen LogP contribution in [0.3, 0.4) is 0 Å². The number of hydrogen-bond acceptors (Lipinski definition) is 2. The molecule has 1 aliphatic rings. The molecule has 0 aliphatic heterocycles. The number of nitrogens with zero attached hydrogens (tertiary/aromatic N) is 1. The number of rotatable bonds is 8. The molecule has 1 unspecified atom stereocenters. The summed E-state index contributed by atoms with van der Waals surface area (Å²) in [4.78, 5) is 27.8. The Balaban J connectivity index is 1.86. The van der Waals surface area contributed by atoms with Crippen molar-refractivity contribution in [2.45, 2.75) is 50.6 Å². The molecule has 30 heavy (non-hydrogen) atoms. The molecule has 1 atom stereocenters. The van der Waals surface area contributed by atoms with E-state index in [0.29, 0.717) is 18.0 Å². The van der Waals surface area contributed by atoms with Gasteiger partial charge in [0.2, 0.25) is 11.8 Å². The fourth-order valence-corrected chi connectivity index (χ4v) is 4.29. The van der Waals surface area contributed by atoms with E-state index < -0.39 is 6.04 Å². The second kappa shape index (κ2) is 11.4. The van der Waals surface area contributed by atoms with Crippen LogP contribution in [0.25, 0.3) is 0 Å².